The molecule has 0 fully saturated rings. The van der Waals surface area contributed by atoms with E-state index in [4.69, 9.17) is 4.74 Å². The first-order valence-electron chi connectivity index (χ1n) is 5.82. The molecule has 0 bridgehead atoms. The van der Waals surface area contributed by atoms with Gasteiger partial charge in [0.05, 0.1) is 23.3 Å². The van der Waals surface area contributed by atoms with Crippen LogP contribution in [-0.2, 0) is 6.18 Å². The number of nitrogens with zero attached hydrogens (tertiary/aromatic N) is 2. The number of hydrogen-bond donors (Lipinski definition) is 1. The summed E-state index contributed by atoms with van der Waals surface area (Å²) >= 11 is 3.20. The number of hydrogen-bond acceptors (Lipinski definition) is 4. The summed E-state index contributed by atoms with van der Waals surface area (Å²) in [6.07, 6.45) is -2.95. The number of halogens is 4. The molecule has 0 atom stereocenters. The SMILES string of the molecule is COc1nc(Nc2ccc(C)c(C(F)(F)F)c2)ncc1Br. The molecule has 1 heterocycles. The molecule has 1 N–H and O–H groups in total. The van der Waals surface area contributed by atoms with Crippen molar-refractivity contribution in [3.63, 3.8) is 0 Å². The number of aryl methyl sites for hydroxylation is 1. The summed E-state index contributed by atoms with van der Waals surface area (Å²) in [5.74, 6) is 0.433. The Hall–Kier alpha value is -1.83. The van der Waals surface area contributed by atoms with Crippen molar-refractivity contribution in [2.24, 2.45) is 0 Å². The van der Waals surface area contributed by atoms with Crippen LogP contribution in [-0.4, -0.2) is 17.1 Å². The van der Waals surface area contributed by atoms with Gasteiger partial charge in [-0.2, -0.15) is 18.2 Å². The molecule has 21 heavy (non-hydrogen) atoms. The Bertz CT molecular complexity index is 662. The van der Waals surface area contributed by atoms with Crippen molar-refractivity contribution in [3.05, 3.63) is 40.0 Å². The molecule has 0 spiro atoms. The molecule has 112 valence electrons. The summed E-state index contributed by atoms with van der Waals surface area (Å²) < 4.78 is 44.1. The highest BCUT2D eigenvalue weighted by molar-refractivity contribution is 9.10. The molecule has 0 radical (unpaired) electrons. The van der Waals surface area contributed by atoms with Crippen molar-refractivity contribution in [2.75, 3.05) is 12.4 Å². The largest absolute Gasteiger partial charge is 0.480 e. The van der Waals surface area contributed by atoms with Crippen LogP contribution in [0, 0.1) is 6.92 Å². The van der Waals surface area contributed by atoms with Crippen molar-refractivity contribution < 1.29 is 17.9 Å². The van der Waals surface area contributed by atoms with Crippen LogP contribution in [0.4, 0.5) is 24.8 Å². The fraction of sp³-hybridized carbons (Fsp3) is 0.231. The fourth-order valence-electron chi connectivity index (χ4n) is 1.69. The topological polar surface area (TPSA) is 47.0 Å². The molecule has 2 rings (SSSR count). The van der Waals surface area contributed by atoms with Gasteiger partial charge in [0.25, 0.3) is 0 Å². The highest BCUT2D eigenvalue weighted by Crippen LogP contribution is 2.34. The maximum absolute atomic E-state index is 12.9. The summed E-state index contributed by atoms with van der Waals surface area (Å²) in [7, 11) is 1.44. The summed E-state index contributed by atoms with van der Waals surface area (Å²) in [4.78, 5) is 7.99. The van der Waals surface area contributed by atoms with Gasteiger partial charge in [0, 0.05) is 5.69 Å². The number of alkyl halides is 3. The van der Waals surface area contributed by atoms with Crippen LogP contribution in [0.1, 0.15) is 11.1 Å². The quantitative estimate of drug-likeness (QED) is 0.884. The van der Waals surface area contributed by atoms with Gasteiger partial charge >= 0.3 is 6.18 Å². The Labute approximate surface area is 127 Å². The van der Waals surface area contributed by atoms with Gasteiger partial charge in [-0.05, 0) is 40.5 Å². The van der Waals surface area contributed by atoms with E-state index in [0.29, 0.717) is 4.47 Å². The first-order valence-corrected chi connectivity index (χ1v) is 6.62. The number of ether oxygens (including phenoxy) is 1. The molecule has 0 aliphatic heterocycles. The van der Waals surface area contributed by atoms with Crippen LogP contribution in [0.25, 0.3) is 0 Å². The molecule has 0 aliphatic carbocycles. The van der Waals surface area contributed by atoms with E-state index in [2.05, 4.69) is 31.2 Å². The second-order valence-electron chi connectivity index (χ2n) is 4.20. The van der Waals surface area contributed by atoms with Crippen molar-refractivity contribution in [3.8, 4) is 5.88 Å². The maximum atomic E-state index is 12.9. The standard InChI is InChI=1S/C13H11BrF3N3O/c1-7-3-4-8(5-9(7)13(15,16)17)19-12-18-6-10(14)11(20-12)21-2/h3-6H,1-2H3,(H,18,19,20). The van der Waals surface area contributed by atoms with Gasteiger partial charge in [-0.1, -0.05) is 6.07 Å². The number of methoxy groups -OCH3 is 1. The van der Waals surface area contributed by atoms with E-state index >= 15 is 0 Å². The van der Waals surface area contributed by atoms with E-state index in [1.54, 1.807) is 0 Å². The van der Waals surface area contributed by atoms with Crippen LogP contribution >= 0.6 is 15.9 Å². The average Bonchev–Trinajstić information content (AvgIpc) is 2.42. The Morgan fingerprint density at radius 1 is 1.29 bits per heavy atom. The van der Waals surface area contributed by atoms with E-state index in [1.165, 1.54) is 32.4 Å². The molecular formula is C13H11BrF3N3O. The first kappa shape index (κ1) is 15.6. The lowest BCUT2D eigenvalue weighted by atomic mass is 10.1. The van der Waals surface area contributed by atoms with Crippen LogP contribution < -0.4 is 10.1 Å². The van der Waals surface area contributed by atoms with Crippen molar-refractivity contribution in [2.45, 2.75) is 13.1 Å². The third-order valence-corrected chi connectivity index (χ3v) is 3.25. The normalized spacial score (nSPS) is 11.3. The number of aromatic nitrogens is 2. The molecule has 0 aliphatic rings. The van der Waals surface area contributed by atoms with Gasteiger partial charge in [-0.25, -0.2) is 4.98 Å². The summed E-state index contributed by atoms with van der Waals surface area (Å²) in [5.41, 5.74) is -0.295. The molecule has 0 saturated heterocycles. The lowest BCUT2D eigenvalue weighted by Crippen LogP contribution is -2.08. The zero-order chi connectivity index (χ0) is 15.6. The smallest absolute Gasteiger partial charge is 0.416 e. The molecular weight excluding hydrogens is 351 g/mol. The highest BCUT2D eigenvalue weighted by atomic mass is 79.9. The van der Waals surface area contributed by atoms with Crippen molar-refractivity contribution >= 4 is 27.6 Å². The number of rotatable bonds is 3. The third-order valence-electron chi connectivity index (χ3n) is 2.70. The van der Waals surface area contributed by atoms with Gasteiger partial charge in [-0.15, -0.1) is 0 Å². The Balaban J connectivity index is 2.32. The fourth-order valence-corrected chi connectivity index (χ4v) is 2.04. The second-order valence-corrected chi connectivity index (χ2v) is 5.06. The minimum absolute atomic E-state index is 0.145. The molecule has 8 heteroatoms. The van der Waals surface area contributed by atoms with Crippen molar-refractivity contribution in [1.29, 1.82) is 0 Å². The Morgan fingerprint density at radius 3 is 2.62 bits per heavy atom. The average molecular weight is 362 g/mol. The number of anilines is 2. The predicted molar refractivity (Wildman–Crippen MR) is 75.7 cm³/mol. The molecule has 4 nitrogen and oxygen atoms in total. The zero-order valence-corrected chi connectivity index (χ0v) is 12.7. The lowest BCUT2D eigenvalue weighted by molar-refractivity contribution is -0.138. The maximum Gasteiger partial charge on any atom is 0.416 e. The van der Waals surface area contributed by atoms with Crippen LogP contribution in [0.3, 0.4) is 0 Å². The summed E-state index contributed by atoms with van der Waals surface area (Å²) in [6, 6.07) is 3.94. The number of nitrogens with one attached hydrogen (secondary N) is 1. The van der Waals surface area contributed by atoms with E-state index in [9.17, 15) is 13.2 Å². The molecule has 1 aromatic carbocycles. The van der Waals surface area contributed by atoms with Gasteiger partial charge in [0.1, 0.15) is 0 Å². The van der Waals surface area contributed by atoms with E-state index in [1.807, 2.05) is 0 Å². The number of benzene rings is 1. The minimum atomic E-state index is -4.40. The van der Waals surface area contributed by atoms with Gasteiger partial charge in [0.2, 0.25) is 11.8 Å². The zero-order valence-electron chi connectivity index (χ0n) is 11.1. The predicted octanol–water partition coefficient (Wildman–Crippen LogP) is 4.32. The molecule has 0 amide bonds. The summed E-state index contributed by atoms with van der Waals surface area (Å²) in [6.45, 7) is 1.41. The van der Waals surface area contributed by atoms with Crippen LogP contribution in [0.5, 0.6) is 5.88 Å². The molecule has 0 unspecified atom stereocenters. The Morgan fingerprint density at radius 2 is 2.00 bits per heavy atom. The van der Waals surface area contributed by atoms with Crippen molar-refractivity contribution in [1.82, 2.24) is 9.97 Å². The van der Waals surface area contributed by atoms with Crippen LogP contribution in [0.15, 0.2) is 28.9 Å². The molecule has 2 aromatic rings. The second kappa shape index (κ2) is 5.88. The molecule has 1 aromatic heterocycles. The van der Waals surface area contributed by atoms with E-state index < -0.39 is 11.7 Å². The van der Waals surface area contributed by atoms with E-state index in [-0.39, 0.29) is 23.1 Å². The van der Waals surface area contributed by atoms with Crippen LogP contribution in [0.2, 0.25) is 0 Å². The summed E-state index contributed by atoms with van der Waals surface area (Å²) in [5, 5.41) is 2.72. The highest BCUT2D eigenvalue weighted by Gasteiger charge is 2.32. The van der Waals surface area contributed by atoms with E-state index in [0.717, 1.165) is 6.07 Å². The Kier molecular flexibility index (Phi) is 4.36. The van der Waals surface area contributed by atoms with Gasteiger partial charge in [0.15, 0.2) is 0 Å². The monoisotopic (exact) mass is 361 g/mol. The first-order chi connectivity index (χ1) is 9.81. The third kappa shape index (κ3) is 3.63. The minimum Gasteiger partial charge on any atom is -0.480 e. The van der Waals surface area contributed by atoms with Gasteiger partial charge in [-0.3, -0.25) is 0 Å². The molecule has 0 saturated carbocycles. The van der Waals surface area contributed by atoms with Gasteiger partial charge < -0.3 is 10.1 Å². The lowest BCUT2D eigenvalue weighted by Gasteiger charge is -2.13.